The first-order valence-electron chi connectivity index (χ1n) is 6.90. The highest BCUT2D eigenvalue weighted by atomic mass is 19.2. The van der Waals surface area contributed by atoms with E-state index in [-0.39, 0.29) is 11.1 Å². The molecule has 0 aliphatic heterocycles. The lowest BCUT2D eigenvalue weighted by atomic mass is 9.95. The van der Waals surface area contributed by atoms with Gasteiger partial charge in [-0.1, -0.05) is 37.3 Å². The Balaban J connectivity index is 2.59. The third kappa shape index (κ3) is 2.95. The molecule has 0 amide bonds. The van der Waals surface area contributed by atoms with Gasteiger partial charge in [-0.05, 0) is 31.5 Å². The van der Waals surface area contributed by atoms with Gasteiger partial charge in [0, 0.05) is 11.1 Å². The van der Waals surface area contributed by atoms with Crippen molar-refractivity contribution in [2.45, 2.75) is 26.8 Å². The second-order valence-corrected chi connectivity index (χ2v) is 5.07. The molecule has 0 aliphatic rings. The molecule has 2 aromatic carbocycles. The van der Waals surface area contributed by atoms with Crippen molar-refractivity contribution in [3.05, 3.63) is 70.0 Å². The molecule has 1 atom stereocenters. The Morgan fingerprint density at radius 3 is 2.14 bits per heavy atom. The van der Waals surface area contributed by atoms with Crippen LogP contribution in [-0.2, 0) is 0 Å². The molecule has 0 aromatic heterocycles. The largest absolute Gasteiger partial charge is 0.306 e. The summed E-state index contributed by atoms with van der Waals surface area (Å²) in [4.78, 5) is 0. The standard InChI is InChI=1S/C17H18F3N/c1-4-21-17(12-7-5-6-10(2)14(12)18)13-9-8-11(3)15(19)16(13)20/h5-9,17,21H,4H2,1-3H3. The number of hydrogen-bond acceptors (Lipinski definition) is 1. The first kappa shape index (κ1) is 15.6. The SMILES string of the molecule is CCNC(c1cccc(C)c1F)c1ccc(C)c(F)c1F. The minimum absolute atomic E-state index is 0.115. The van der Waals surface area contributed by atoms with E-state index in [1.807, 2.05) is 6.92 Å². The number of halogens is 3. The monoisotopic (exact) mass is 293 g/mol. The molecule has 1 unspecified atom stereocenters. The van der Waals surface area contributed by atoms with Crippen LogP contribution < -0.4 is 5.32 Å². The average molecular weight is 293 g/mol. The third-order valence-electron chi connectivity index (χ3n) is 3.56. The molecule has 0 heterocycles. The van der Waals surface area contributed by atoms with Gasteiger partial charge < -0.3 is 5.32 Å². The van der Waals surface area contributed by atoms with Crippen molar-refractivity contribution in [1.29, 1.82) is 0 Å². The summed E-state index contributed by atoms with van der Waals surface area (Å²) in [6.45, 7) is 5.49. The summed E-state index contributed by atoms with van der Waals surface area (Å²) < 4.78 is 42.3. The molecule has 0 saturated carbocycles. The first-order chi connectivity index (χ1) is 9.97. The van der Waals surface area contributed by atoms with Crippen molar-refractivity contribution in [3.63, 3.8) is 0 Å². The number of benzene rings is 2. The zero-order chi connectivity index (χ0) is 15.6. The van der Waals surface area contributed by atoms with E-state index in [9.17, 15) is 13.2 Å². The molecule has 2 rings (SSSR count). The smallest absolute Gasteiger partial charge is 0.164 e. The maximum Gasteiger partial charge on any atom is 0.164 e. The van der Waals surface area contributed by atoms with Crippen LogP contribution in [0.2, 0.25) is 0 Å². The van der Waals surface area contributed by atoms with Crippen LogP contribution in [0.1, 0.15) is 35.2 Å². The highest BCUT2D eigenvalue weighted by Crippen LogP contribution is 2.29. The zero-order valence-corrected chi connectivity index (χ0v) is 12.3. The Morgan fingerprint density at radius 2 is 1.48 bits per heavy atom. The molecular weight excluding hydrogens is 275 g/mol. The maximum atomic E-state index is 14.3. The van der Waals surface area contributed by atoms with Crippen molar-refractivity contribution in [2.24, 2.45) is 0 Å². The first-order valence-corrected chi connectivity index (χ1v) is 6.90. The number of aryl methyl sites for hydroxylation is 2. The van der Waals surface area contributed by atoms with E-state index in [1.165, 1.54) is 19.1 Å². The fourth-order valence-electron chi connectivity index (χ4n) is 2.37. The summed E-state index contributed by atoms with van der Waals surface area (Å²) in [6, 6.07) is 7.24. The fourth-order valence-corrected chi connectivity index (χ4v) is 2.37. The minimum atomic E-state index is -0.929. The van der Waals surface area contributed by atoms with Gasteiger partial charge in [0.25, 0.3) is 0 Å². The highest BCUT2D eigenvalue weighted by Gasteiger charge is 2.23. The fraction of sp³-hybridized carbons (Fsp3) is 0.294. The molecule has 0 spiro atoms. The molecule has 112 valence electrons. The Kier molecular flexibility index (Phi) is 4.68. The summed E-state index contributed by atoms with van der Waals surface area (Å²) >= 11 is 0. The molecule has 0 saturated heterocycles. The Morgan fingerprint density at radius 1 is 0.857 bits per heavy atom. The molecule has 0 aliphatic carbocycles. The van der Waals surface area contributed by atoms with Crippen LogP contribution in [0.4, 0.5) is 13.2 Å². The van der Waals surface area contributed by atoms with E-state index >= 15 is 0 Å². The van der Waals surface area contributed by atoms with E-state index in [0.717, 1.165) is 0 Å². The quantitative estimate of drug-likeness (QED) is 0.880. The van der Waals surface area contributed by atoms with Gasteiger partial charge in [0.2, 0.25) is 0 Å². The zero-order valence-electron chi connectivity index (χ0n) is 12.3. The van der Waals surface area contributed by atoms with Crippen molar-refractivity contribution >= 4 is 0 Å². The number of nitrogens with one attached hydrogen (secondary N) is 1. The summed E-state index contributed by atoms with van der Waals surface area (Å²) in [5.41, 5.74) is 1.14. The van der Waals surface area contributed by atoms with Crippen LogP contribution in [0.3, 0.4) is 0 Å². The topological polar surface area (TPSA) is 12.0 Å². The molecule has 0 fully saturated rings. The van der Waals surface area contributed by atoms with Crippen molar-refractivity contribution in [2.75, 3.05) is 6.54 Å². The molecule has 2 aromatic rings. The summed E-state index contributed by atoms with van der Waals surface area (Å²) in [5.74, 6) is -2.21. The van der Waals surface area contributed by atoms with Gasteiger partial charge in [-0.15, -0.1) is 0 Å². The van der Waals surface area contributed by atoms with Gasteiger partial charge in [0.05, 0.1) is 6.04 Å². The van der Waals surface area contributed by atoms with Crippen molar-refractivity contribution < 1.29 is 13.2 Å². The second-order valence-electron chi connectivity index (χ2n) is 5.07. The van der Waals surface area contributed by atoms with Crippen LogP contribution in [0.15, 0.2) is 30.3 Å². The average Bonchev–Trinajstić information content (AvgIpc) is 2.46. The van der Waals surface area contributed by atoms with Crippen molar-refractivity contribution in [3.8, 4) is 0 Å². The third-order valence-corrected chi connectivity index (χ3v) is 3.56. The minimum Gasteiger partial charge on any atom is -0.306 e. The van der Waals surface area contributed by atoms with E-state index in [1.54, 1.807) is 25.1 Å². The van der Waals surface area contributed by atoms with Crippen molar-refractivity contribution in [1.82, 2.24) is 5.32 Å². The van der Waals surface area contributed by atoms with Crippen LogP contribution in [0.25, 0.3) is 0 Å². The van der Waals surface area contributed by atoms with Gasteiger partial charge in [-0.3, -0.25) is 0 Å². The summed E-state index contributed by atoms with van der Waals surface area (Å²) in [5, 5.41) is 3.02. The number of rotatable bonds is 4. The molecule has 4 heteroatoms. The van der Waals surface area contributed by atoms with E-state index in [0.29, 0.717) is 17.7 Å². The predicted molar refractivity (Wildman–Crippen MR) is 77.8 cm³/mol. The molecular formula is C17H18F3N. The Hall–Kier alpha value is -1.81. The predicted octanol–water partition coefficient (Wildman–Crippen LogP) is 4.42. The molecule has 0 bridgehead atoms. The van der Waals surface area contributed by atoms with Gasteiger partial charge >= 0.3 is 0 Å². The lowest BCUT2D eigenvalue weighted by Gasteiger charge is -2.21. The van der Waals surface area contributed by atoms with E-state index in [2.05, 4.69) is 5.32 Å². The van der Waals surface area contributed by atoms with Gasteiger partial charge in [0.1, 0.15) is 5.82 Å². The highest BCUT2D eigenvalue weighted by molar-refractivity contribution is 5.37. The van der Waals surface area contributed by atoms with Crippen LogP contribution >= 0.6 is 0 Å². The number of hydrogen-bond donors (Lipinski definition) is 1. The van der Waals surface area contributed by atoms with Gasteiger partial charge in [-0.2, -0.15) is 0 Å². The molecule has 1 nitrogen and oxygen atoms in total. The molecule has 0 radical (unpaired) electrons. The summed E-state index contributed by atoms with van der Waals surface area (Å²) in [6.07, 6.45) is 0. The normalized spacial score (nSPS) is 12.5. The van der Waals surface area contributed by atoms with Crippen LogP contribution in [-0.4, -0.2) is 6.54 Å². The Labute approximate surface area is 122 Å². The van der Waals surface area contributed by atoms with Gasteiger partial charge in [0.15, 0.2) is 11.6 Å². The Bertz CT molecular complexity index is 653. The van der Waals surface area contributed by atoms with E-state index in [4.69, 9.17) is 0 Å². The lowest BCUT2D eigenvalue weighted by Crippen LogP contribution is -2.24. The van der Waals surface area contributed by atoms with Crippen LogP contribution in [0.5, 0.6) is 0 Å². The van der Waals surface area contributed by atoms with E-state index < -0.39 is 23.5 Å². The second kappa shape index (κ2) is 6.31. The molecule has 1 N–H and O–H groups in total. The lowest BCUT2D eigenvalue weighted by molar-refractivity contribution is 0.473. The summed E-state index contributed by atoms with van der Waals surface area (Å²) in [7, 11) is 0. The van der Waals surface area contributed by atoms with Crippen LogP contribution in [0, 0.1) is 31.3 Å². The molecule has 21 heavy (non-hydrogen) atoms. The van der Waals surface area contributed by atoms with Gasteiger partial charge in [-0.25, -0.2) is 13.2 Å². The maximum absolute atomic E-state index is 14.3.